The summed E-state index contributed by atoms with van der Waals surface area (Å²) < 4.78 is 28.1. The number of aryl methyl sites for hydroxylation is 2. The molecule has 1 atom stereocenters. The van der Waals surface area contributed by atoms with Crippen molar-refractivity contribution in [2.24, 2.45) is 5.41 Å². The third-order valence-electron chi connectivity index (χ3n) is 7.64. The standard InChI is InChI=1S/C33H44F2/c1-3-5-7-8-9-10-13-27-16-18-28(19-17-27)20-24-33(23-11-6-4-2)25-21-29(22-26-33)30-14-12-15-31(34)32(30)35/h12,14-19,21-22,25H,3-11,13,20,23-24,26H2,1-2H3. The van der Waals surface area contributed by atoms with Crippen molar-refractivity contribution in [2.75, 3.05) is 0 Å². The first-order valence-electron chi connectivity index (χ1n) is 14.0. The number of rotatable bonds is 15. The van der Waals surface area contributed by atoms with Crippen LogP contribution in [-0.4, -0.2) is 0 Å². The van der Waals surface area contributed by atoms with Gasteiger partial charge in [-0.1, -0.05) is 120 Å². The van der Waals surface area contributed by atoms with Gasteiger partial charge in [0.25, 0.3) is 0 Å². The number of hydrogen-bond acceptors (Lipinski definition) is 0. The smallest absolute Gasteiger partial charge is 0.166 e. The number of hydrogen-bond donors (Lipinski definition) is 0. The molecule has 0 aromatic heterocycles. The van der Waals surface area contributed by atoms with Crippen molar-refractivity contribution in [2.45, 2.75) is 104 Å². The monoisotopic (exact) mass is 478 g/mol. The molecule has 0 nitrogen and oxygen atoms in total. The van der Waals surface area contributed by atoms with Crippen LogP contribution < -0.4 is 0 Å². The van der Waals surface area contributed by atoms with Gasteiger partial charge in [0.2, 0.25) is 0 Å². The van der Waals surface area contributed by atoms with Crippen molar-refractivity contribution < 1.29 is 8.78 Å². The van der Waals surface area contributed by atoms with Gasteiger partial charge < -0.3 is 0 Å². The molecule has 0 bridgehead atoms. The Bertz CT molecular complexity index is 954. The van der Waals surface area contributed by atoms with E-state index in [-0.39, 0.29) is 5.41 Å². The van der Waals surface area contributed by atoms with Gasteiger partial charge in [-0.05, 0) is 66.7 Å². The Kier molecular flexibility index (Phi) is 11.2. The van der Waals surface area contributed by atoms with E-state index < -0.39 is 11.6 Å². The third-order valence-corrected chi connectivity index (χ3v) is 7.64. The predicted molar refractivity (Wildman–Crippen MR) is 147 cm³/mol. The lowest BCUT2D eigenvalue weighted by Crippen LogP contribution is -2.21. The molecule has 0 aliphatic heterocycles. The molecule has 0 N–H and O–H groups in total. The molecule has 0 radical (unpaired) electrons. The summed E-state index contributed by atoms with van der Waals surface area (Å²) in [7, 11) is 0. The van der Waals surface area contributed by atoms with Crippen molar-refractivity contribution in [3.8, 4) is 0 Å². The quantitative estimate of drug-likeness (QED) is 0.223. The van der Waals surface area contributed by atoms with Gasteiger partial charge in [0, 0.05) is 5.56 Å². The molecule has 3 rings (SSSR count). The minimum Gasteiger partial charge on any atom is -0.204 e. The lowest BCUT2D eigenvalue weighted by atomic mass is 9.72. The summed E-state index contributed by atoms with van der Waals surface area (Å²) in [6, 6.07) is 13.7. The maximum atomic E-state index is 14.3. The zero-order valence-corrected chi connectivity index (χ0v) is 21.9. The van der Waals surface area contributed by atoms with Gasteiger partial charge in [-0.25, -0.2) is 8.78 Å². The molecule has 2 heteroatoms. The Hall–Kier alpha value is -2.22. The van der Waals surface area contributed by atoms with E-state index in [0.29, 0.717) is 5.56 Å². The van der Waals surface area contributed by atoms with Crippen LogP contribution in [0.1, 0.15) is 108 Å². The molecule has 0 spiro atoms. The summed E-state index contributed by atoms with van der Waals surface area (Å²) in [4.78, 5) is 0. The summed E-state index contributed by atoms with van der Waals surface area (Å²) in [6.07, 6.45) is 23.4. The van der Waals surface area contributed by atoms with E-state index in [2.05, 4.69) is 50.3 Å². The first-order valence-corrected chi connectivity index (χ1v) is 14.0. The van der Waals surface area contributed by atoms with E-state index in [4.69, 9.17) is 0 Å². The Balaban J connectivity index is 1.57. The average molecular weight is 479 g/mol. The minimum absolute atomic E-state index is 0.0969. The summed E-state index contributed by atoms with van der Waals surface area (Å²) in [5, 5.41) is 0. The van der Waals surface area contributed by atoms with Crippen molar-refractivity contribution in [1.29, 1.82) is 0 Å². The van der Waals surface area contributed by atoms with Crippen LogP contribution in [0.2, 0.25) is 0 Å². The first kappa shape index (κ1) is 27.4. The van der Waals surface area contributed by atoms with Crippen LogP contribution in [0, 0.1) is 17.0 Å². The number of unbranched alkanes of at least 4 members (excludes halogenated alkanes) is 7. The fraction of sp³-hybridized carbons (Fsp3) is 0.515. The normalized spacial score (nSPS) is 17.5. The van der Waals surface area contributed by atoms with Crippen LogP contribution in [0.15, 0.2) is 60.7 Å². The van der Waals surface area contributed by atoms with E-state index in [1.165, 1.54) is 81.4 Å². The molecule has 0 saturated carbocycles. The second-order valence-electron chi connectivity index (χ2n) is 10.5. The fourth-order valence-corrected chi connectivity index (χ4v) is 5.24. The topological polar surface area (TPSA) is 0 Å². The molecule has 0 saturated heterocycles. The van der Waals surface area contributed by atoms with Gasteiger partial charge in [-0.3, -0.25) is 0 Å². The zero-order valence-electron chi connectivity index (χ0n) is 21.9. The second kappa shape index (κ2) is 14.4. The fourth-order valence-electron chi connectivity index (χ4n) is 5.24. The Labute approximate surface area is 212 Å². The van der Waals surface area contributed by atoms with Gasteiger partial charge in [0.1, 0.15) is 0 Å². The van der Waals surface area contributed by atoms with Gasteiger partial charge in [-0.2, -0.15) is 0 Å². The highest BCUT2D eigenvalue weighted by Crippen LogP contribution is 2.41. The molecule has 35 heavy (non-hydrogen) atoms. The maximum absolute atomic E-state index is 14.3. The van der Waals surface area contributed by atoms with Crippen LogP contribution in [0.3, 0.4) is 0 Å². The van der Waals surface area contributed by atoms with Crippen LogP contribution >= 0.6 is 0 Å². The summed E-state index contributed by atoms with van der Waals surface area (Å²) >= 11 is 0. The van der Waals surface area contributed by atoms with Gasteiger partial charge in [0.15, 0.2) is 11.6 Å². The maximum Gasteiger partial charge on any atom is 0.166 e. The van der Waals surface area contributed by atoms with Crippen LogP contribution in [0.5, 0.6) is 0 Å². The van der Waals surface area contributed by atoms with Gasteiger partial charge >= 0.3 is 0 Å². The highest BCUT2D eigenvalue weighted by molar-refractivity contribution is 5.75. The minimum atomic E-state index is -0.781. The molecule has 0 fully saturated rings. The van der Waals surface area contributed by atoms with Crippen LogP contribution in [0.25, 0.3) is 5.57 Å². The van der Waals surface area contributed by atoms with Crippen molar-refractivity contribution in [3.05, 3.63) is 89.0 Å². The molecule has 1 aliphatic rings. The second-order valence-corrected chi connectivity index (χ2v) is 10.5. The molecule has 2 aromatic rings. The highest BCUT2D eigenvalue weighted by atomic mass is 19.2. The predicted octanol–water partition coefficient (Wildman–Crippen LogP) is 10.4. The van der Waals surface area contributed by atoms with Crippen LogP contribution in [0.4, 0.5) is 8.78 Å². The lowest BCUT2D eigenvalue weighted by molar-refractivity contribution is 0.311. The molecule has 0 amide bonds. The number of halogens is 2. The highest BCUT2D eigenvalue weighted by Gasteiger charge is 2.28. The SMILES string of the molecule is CCCCCCCCc1ccc(CCC2(CCCCC)C=CC(c3cccc(F)c3F)=CC2)cc1. The van der Waals surface area contributed by atoms with E-state index in [0.717, 1.165) is 31.3 Å². The lowest BCUT2D eigenvalue weighted by Gasteiger charge is -2.33. The van der Waals surface area contributed by atoms with Crippen molar-refractivity contribution >= 4 is 5.57 Å². The molecule has 1 unspecified atom stereocenters. The van der Waals surface area contributed by atoms with E-state index in [1.54, 1.807) is 12.1 Å². The molecule has 1 aliphatic carbocycles. The molecule has 190 valence electrons. The van der Waals surface area contributed by atoms with E-state index >= 15 is 0 Å². The van der Waals surface area contributed by atoms with E-state index in [9.17, 15) is 8.78 Å². The third kappa shape index (κ3) is 8.44. The molecule has 2 aromatic carbocycles. The largest absolute Gasteiger partial charge is 0.204 e. The zero-order chi connectivity index (χ0) is 24.9. The summed E-state index contributed by atoms with van der Waals surface area (Å²) in [5.74, 6) is -1.53. The number of benzene rings is 2. The van der Waals surface area contributed by atoms with Crippen molar-refractivity contribution in [1.82, 2.24) is 0 Å². The molecular formula is C33H44F2. The molecule has 0 heterocycles. The van der Waals surface area contributed by atoms with Gasteiger partial charge in [0.05, 0.1) is 0 Å². The first-order chi connectivity index (χ1) is 17.1. The molecular weight excluding hydrogens is 434 g/mol. The van der Waals surface area contributed by atoms with Crippen LogP contribution in [-0.2, 0) is 12.8 Å². The Morgan fingerprint density at radius 3 is 2.06 bits per heavy atom. The number of allylic oxidation sites excluding steroid dienone is 4. The average Bonchev–Trinajstić information content (AvgIpc) is 2.88. The Morgan fingerprint density at radius 1 is 0.714 bits per heavy atom. The van der Waals surface area contributed by atoms with E-state index in [1.807, 2.05) is 6.08 Å². The van der Waals surface area contributed by atoms with Crippen molar-refractivity contribution in [3.63, 3.8) is 0 Å². The Morgan fingerprint density at radius 2 is 1.37 bits per heavy atom. The summed E-state index contributed by atoms with van der Waals surface area (Å²) in [6.45, 7) is 4.50. The summed E-state index contributed by atoms with van der Waals surface area (Å²) in [5.41, 5.74) is 4.10. The van der Waals surface area contributed by atoms with Gasteiger partial charge in [-0.15, -0.1) is 0 Å².